The number of amides is 3. The second-order valence-electron chi connectivity index (χ2n) is 6.06. The van der Waals surface area contributed by atoms with Crippen molar-refractivity contribution in [3.05, 3.63) is 60.3 Å². The van der Waals surface area contributed by atoms with Crippen molar-refractivity contribution in [2.24, 2.45) is 0 Å². The molecular formula is C19H20N4O2. The van der Waals surface area contributed by atoms with Crippen molar-refractivity contribution in [1.29, 1.82) is 0 Å². The molecule has 25 heavy (non-hydrogen) atoms. The van der Waals surface area contributed by atoms with Gasteiger partial charge in [0, 0.05) is 28.3 Å². The van der Waals surface area contributed by atoms with Crippen LogP contribution in [-0.2, 0) is 0 Å². The van der Waals surface area contributed by atoms with Gasteiger partial charge >= 0.3 is 6.03 Å². The number of aromatic amines is 1. The summed E-state index contributed by atoms with van der Waals surface area (Å²) in [4.78, 5) is 27.3. The Kier molecular flexibility index (Phi) is 4.70. The van der Waals surface area contributed by atoms with Gasteiger partial charge < -0.3 is 20.9 Å². The molecule has 0 aliphatic carbocycles. The molecule has 2 aromatic carbocycles. The third-order valence-corrected chi connectivity index (χ3v) is 3.57. The summed E-state index contributed by atoms with van der Waals surface area (Å²) in [5, 5.41) is 9.30. The van der Waals surface area contributed by atoms with E-state index >= 15 is 0 Å². The molecule has 0 bridgehead atoms. The summed E-state index contributed by atoms with van der Waals surface area (Å²) < 4.78 is 0. The number of para-hydroxylation sites is 1. The quantitative estimate of drug-likeness (QED) is 0.581. The minimum atomic E-state index is -0.283. The molecule has 3 amide bonds. The first-order valence-corrected chi connectivity index (χ1v) is 8.08. The van der Waals surface area contributed by atoms with E-state index < -0.39 is 0 Å². The van der Waals surface area contributed by atoms with E-state index in [1.807, 2.05) is 44.2 Å². The fourth-order valence-electron chi connectivity index (χ4n) is 2.50. The largest absolute Gasteiger partial charge is 0.351 e. The Morgan fingerprint density at radius 1 is 0.920 bits per heavy atom. The first-order chi connectivity index (χ1) is 12.0. The summed E-state index contributed by atoms with van der Waals surface area (Å²) in [6.07, 6.45) is 0. The molecule has 128 valence electrons. The van der Waals surface area contributed by atoms with Crippen molar-refractivity contribution in [2.45, 2.75) is 19.9 Å². The third kappa shape index (κ3) is 4.17. The number of fused-ring (bicyclic) bond motifs is 1. The molecule has 0 spiro atoms. The number of anilines is 2. The predicted octanol–water partition coefficient (Wildman–Crippen LogP) is 3.95. The number of nitrogens with one attached hydrogen (secondary N) is 4. The van der Waals surface area contributed by atoms with E-state index in [1.165, 1.54) is 0 Å². The molecule has 6 nitrogen and oxygen atoms in total. The highest BCUT2D eigenvalue weighted by atomic mass is 16.2. The Labute approximate surface area is 145 Å². The van der Waals surface area contributed by atoms with Crippen LogP contribution in [0.5, 0.6) is 0 Å². The van der Waals surface area contributed by atoms with Crippen LogP contribution in [0, 0.1) is 0 Å². The SMILES string of the molecule is CC(C)NC(=O)Nc1cccc(NC(=O)c2cc3ccccc3[nH]2)c1. The topological polar surface area (TPSA) is 86.0 Å². The van der Waals surface area contributed by atoms with Gasteiger partial charge in [-0.2, -0.15) is 0 Å². The molecule has 4 N–H and O–H groups in total. The van der Waals surface area contributed by atoms with Gasteiger partial charge in [0.2, 0.25) is 0 Å². The van der Waals surface area contributed by atoms with Crippen LogP contribution in [0.25, 0.3) is 10.9 Å². The molecule has 6 heteroatoms. The summed E-state index contributed by atoms with van der Waals surface area (Å²) in [6.45, 7) is 3.77. The molecule has 0 saturated carbocycles. The van der Waals surface area contributed by atoms with Crippen molar-refractivity contribution >= 4 is 34.2 Å². The Bertz CT molecular complexity index is 881. The zero-order chi connectivity index (χ0) is 17.8. The van der Waals surface area contributed by atoms with Crippen LogP contribution in [0.3, 0.4) is 0 Å². The van der Waals surface area contributed by atoms with Crippen LogP contribution in [0.4, 0.5) is 16.2 Å². The van der Waals surface area contributed by atoms with Crippen molar-refractivity contribution in [1.82, 2.24) is 10.3 Å². The summed E-state index contributed by atoms with van der Waals surface area (Å²) in [6, 6.07) is 16.3. The molecule has 3 rings (SSSR count). The van der Waals surface area contributed by atoms with Crippen molar-refractivity contribution in [3.63, 3.8) is 0 Å². The molecule has 0 atom stereocenters. The lowest BCUT2D eigenvalue weighted by molar-refractivity contribution is 0.102. The molecular weight excluding hydrogens is 316 g/mol. The maximum absolute atomic E-state index is 12.4. The Hall–Kier alpha value is -3.28. The molecule has 0 unspecified atom stereocenters. The van der Waals surface area contributed by atoms with Gasteiger partial charge in [0.15, 0.2) is 0 Å². The minimum absolute atomic E-state index is 0.0462. The number of hydrogen-bond donors (Lipinski definition) is 4. The molecule has 1 heterocycles. The Balaban J connectivity index is 1.71. The van der Waals surface area contributed by atoms with Gasteiger partial charge in [0.1, 0.15) is 5.69 Å². The van der Waals surface area contributed by atoms with Crippen LogP contribution in [0.15, 0.2) is 54.6 Å². The van der Waals surface area contributed by atoms with Gasteiger partial charge in [-0.05, 0) is 44.2 Å². The van der Waals surface area contributed by atoms with Gasteiger partial charge in [0.05, 0.1) is 0 Å². The van der Waals surface area contributed by atoms with Crippen molar-refractivity contribution in [3.8, 4) is 0 Å². The number of aromatic nitrogens is 1. The van der Waals surface area contributed by atoms with Crippen molar-refractivity contribution in [2.75, 3.05) is 10.6 Å². The van der Waals surface area contributed by atoms with E-state index in [0.29, 0.717) is 17.1 Å². The predicted molar refractivity (Wildman–Crippen MR) is 100.0 cm³/mol. The van der Waals surface area contributed by atoms with E-state index in [0.717, 1.165) is 10.9 Å². The van der Waals surface area contributed by atoms with E-state index in [-0.39, 0.29) is 18.0 Å². The first kappa shape index (κ1) is 16.6. The Morgan fingerprint density at radius 2 is 1.64 bits per heavy atom. The lowest BCUT2D eigenvalue weighted by atomic mass is 10.2. The normalized spacial score (nSPS) is 10.7. The maximum atomic E-state index is 12.4. The zero-order valence-electron chi connectivity index (χ0n) is 14.1. The van der Waals surface area contributed by atoms with E-state index in [4.69, 9.17) is 0 Å². The molecule has 0 saturated heterocycles. The molecule has 1 aromatic heterocycles. The van der Waals surface area contributed by atoms with Crippen LogP contribution in [-0.4, -0.2) is 23.0 Å². The van der Waals surface area contributed by atoms with Gasteiger partial charge in [-0.1, -0.05) is 24.3 Å². The Morgan fingerprint density at radius 3 is 2.36 bits per heavy atom. The van der Waals surface area contributed by atoms with Gasteiger partial charge in [-0.25, -0.2) is 4.79 Å². The first-order valence-electron chi connectivity index (χ1n) is 8.08. The fraction of sp³-hybridized carbons (Fsp3) is 0.158. The number of carbonyl (C=O) groups is 2. The van der Waals surface area contributed by atoms with Crippen molar-refractivity contribution < 1.29 is 9.59 Å². The molecule has 3 aromatic rings. The minimum Gasteiger partial charge on any atom is -0.351 e. The molecule has 0 fully saturated rings. The second-order valence-corrected chi connectivity index (χ2v) is 6.06. The lowest BCUT2D eigenvalue weighted by Crippen LogP contribution is -2.34. The number of hydrogen-bond acceptors (Lipinski definition) is 2. The van der Waals surface area contributed by atoms with Gasteiger partial charge in [0.25, 0.3) is 5.91 Å². The fourth-order valence-corrected chi connectivity index (χ4v) is 2.50. The highest BCUT2D eigenvalue weighted by Crippen LogP contribution is 2.18. The summed E-state index contributed by atoms with van der Waals surface area (Å²) in [7, 11) is 0. The smallest absolute Gasteiger partial charge is 0.319 e. The van der Waals surface area contributed by atoms with Crippen LogP contribution in [0.2, 0.25) is 0 Å². The number of H-pyrrole nitrogens is 1. The lowest BCUT2D eigenvalue weighted by Gasteiger charge is -2.11. The maximum Gasteiger partial charge on any atom is 0.319 e. The monoisotopic (exact) mass is 336 g/mol. The molecule has 0 aliphatic heterocycles. The summed E-state index contributed by atoms with van der Waals surface area (Å²) >= 11 is 0. The summed E-state index contributed by atoms with van der Waals surface area (Å²) in [5.74, 6) is -0.236. The highest BCUT2D eigenvalue weighted by molar-refractivity contribution is 6.06. The number of benzene rings is 2. The summed E-state index contributed by atoms with van der Waals surface area (Å²) in [5.41, 5.74) is 2.60. The zero-order valence-corrected chi connectivity index (χ0v) is 14.1. The number of urea groups is 1. The average molecular weight is 336 g/mol. The van der Waals surface area contributed by atoms with Crippen LogP contribution < -0.4 is 16.0 Å². The van der Waals surface area contributed by atoms with Crippen LogP contribution in [0.1, 0.15) is 24.3 Å². The van der Waals surface area contributed by atoms with E-state index in [1.54, 1.807) is 24.3 Å². The second kappa shape index (κ2) is 7.09. The van der Waals surface area contributed by atoms with Gasteiger partial charge in [-0.3, -0.25) is 4.79 Å². The molecule has 0 radical (unpaired) electrons. The highest BCUT2D eigenvalue weighted by Gasteiger charge is 2.10. The van der Waals surface area contributed by atoms with Crippen LogP contribution >= 0.6 is 0 Å². The number of carbonyl (C=O) groups excluding carboxylic acids is 2. The number of rotatable bonds is 4. The van der Waals surface area contributed by atoms with E-state index in [2.05, 4.69) is 20.9 Å². The van der Waals surface area contributed by atoms with E-state index in [9.17, 15) is 9.59 Å². The standard InChI is InChI=1S/C19H20N4O2/c1-12(2)20-19(25)22-15-8-5-7-14(11-15)21-18(24)17-10-13-6-3-4-9-16(13)23-17/h3-12,23H,1-2H3,(H,21,24)(H2,20,22,25). The average Bonchev–Trinajstić information content (AvgIpc) is 2.98. The third-order valence-electron chi connectivity index (χ3n) is 3.57. The van der Waals surface area contributed by atoms with Gasteiger partial charge in [-0.15, -0.1) is 0 Å². The molecule has 0 aliphatic rings.